The van der Waals surface area contributed by atoms with Gasteiger partial charge in [0.05, 0.1) is 17.3 Å². The molecule has 1 aliphatic rings. The summed E-state index contributed by atoms with van der Waals surface area (Å²) in [4.78, 5) is 27.7. The molecule has 0 unspecified atom stereocenters. The Balaban J connectivity index is 2.05. The first-order chi connectivity index (χ1) is 9.93. The Bertz CT molecular complexity index is 554. The topological polar surface area (TPSA) is 79.3 Å². The van der Waals surface area contributed by atoms with Gasteiger partial charge in [-0.2, -0.15) is 0 Å². The fourth-order valence-corrected chi connectivity index (χ4v) is 2.94. The van der Waals surface area contributed by atoms with E-state index in [0.717, 1.165) is 24.8 Å². The lowest BCUT2D eigenvalue weighted by atomic mass is 9.71. The summed E-state index contributed by atoms with van der Waals surface area (Å²) >= 11 is 5.83. The molecule has 1 heterocycles. The van der Waals surface area contributed by atoms with E-state index in [-0.39, 0.29) is 12.3 Å². The van der Waals surface area contributed by atoms with Crippen molar-refractivity contribution in [3.8, 4) is 0 Å². The third-order valence-corrected chi connectivity index (χ3v) is 4.46. The summed E-state index contributed by atoms with van der Waals surface area (Å²) in [5.74, 6) is -1.16. The number of hydrogen-bond donors (Lipinski definition) is 2. The molecule has 1 saturated carbocycles. The van der Waals surface area contributed by atoms with Gasteiger partial charge in [-0.25, -0.2) is 4.98 Å². The van der Waals surface area contributed by atoms with Crippen LogP contribution in [0.2, 0.25) is 5.15 Å². The van der Waals surface area contributed by atoms with E-state index in [2.05, 4.69) is 10.3 Å². The molecule has 1 aliphatic carbocycles. The van der Waals surface area contributed by atoms with Crippen LogP contribution in [0.15, 0.2) is 12.3 Å². The Morgan fingerprint density at radius 3 is 2.62 bits per heavy atom. The Kier molecular flexibility index (Phi) is 4.83. The zero-order chi connectivity index (χ0) is 15.5. The molecular weight excluding hydrogens is 292 g/mol. The number of hydrogen-bond acceptors (Lipinski definition) is 3. The van der Waals surface area contributed by atoms with Crippen molar-refractivity contribution in [3.05, 3.63) is 23.0 Å². The molecule has 1 amide bonds. The number of halogens is 1. The van der Waals surface area contributed by atoms with E-state index in [1.807, 2.05) is 0 Å². The van der Waals surface area contributed by atoms with Crippen molar-refractivity contribution in [2.45, 2.75) is 45.4 Å². The van der Waals surface area contributed by atoms with Gasteiger partial charge >= 0.3 is 5.97 Å². The van der Waals surface area contributed by atoms with Crippen LogP contribution in [0, 0.1) is 12.3 Å². The average molecular weight is 311 g/mol. The van der Waals surface area contributed by atoms with Gasteiger partial charge in [0.1, 0.15) is 5.15 Å². The molecule has 0 aromatic carbocycles. The molecular formula is C15H19ClN2O3. The van der Waals surface area contributed by atoms with Gasteiger partial charge in [0.25, 0.3) is 0 Å². The van der Waals surface area contributed by atoms with Crippen LogP contribution in [-0.2, 0) is 9.59 Å². The van der Waals surface area contributed by atoms with E-state index in [1.54, 1.807) is 13.0 Å². The number of carboxylic acids is 1. The summed E-state index contributed by atoms with van der Waals surface area (Å²) in [7, 11) is 0. The van der Waals surface area contributed by atoms with Gasteiger partial charge in [0, 0.05) is 6.42 Å². The van der Waals surface area contributed by atoms with E-state index >= 15 is 0 Å². The van der Waals surface area contributed by atoms with Gasteiger partial charge in [-0.15, -0.1) is 0 Å². The molecule has 6 heteroatoms. The summed E-state index contributed by atoms with van der Waals surface area (Å²) in [6, 6.07) is 1.72. The van der Waals surface area contributed by atoms with Crippen LogP contribution in [0.25, 0.3) is 0 Å². The molecule has 2 rings (SSSR count). The highest BCUT2D eigenvalue weighted by Gasteiger charge is 2.41. The molecule has 114 valence electrons. The Labute approximate surface area is 128 Å². The van der Waals surface area contributed by atoms with Crippen molar-refractivity contribution in [2.75, 3.05) is 5.32 Å². The standard InChI is InChI=1S/C15H19ClN2O3/c1-10-7-11(9-17-13(10)16)18-12(19)8-15(14(20)21)5-3-2-4-6-15/h7,9H,2-6,8H2,1H3,(H,18,19)(H,20,21). The predicted molar refractivity (Wildman–Crippen MR) is 80.4 cm³/mol. The third-order valence-electron chi connectivity index (χ3n) is 4.06. The first kappa shape index (κ1) is 15.8. The van der Waals surface area contributed by atoms with Crippen LogP contribution >= 0.6 is 11.6 Å². The predicted octanol–water partition coefficient (Wildman–Crippen LogP) is 3.41. The Hall–Kier alpha value is -1.62. The van der Waals surface area contributed by atoms with Crippen molar-refractivity contribution < 1.29 is 14.7 Å². The maximum atomic E-state index is 12.2. The van der Waals surface area contributed by atoms with Crippen LogP contribution in [0.5, 0.6) is 0 Å². The number of aliphatic carboxylic acids is 1. The zero-order valence-electron chi connectivity index (χ0n) is 12.0. The number of carbonyl (C=O) groups is 2. The van der Waals surface area contributed by atoms with Crippen molar-refractivity contribution in [1.82, 2.24) is 4.98 Å². The second kappa shape index (κ2) is 6.43. The Morgan fingerprint density at radius 1 is 1.38 bits per heavy atom. The number of nitrogens with zero attached hydrogens (tertiary/aromatic N) is 1. The molecule has 1 aromatic heterocycles. The number of anilines is 1. The number of rotatable bonds is 4. The lowest BCUT2D eigenvalue weighted by molar-refractivity contribution is -0.153. The number of amides is 1. The monoisotopic (exact) mass is 310 g/mol. The van der Waals surface area contributed by atoms with Gasteiger partial charge in [-0.05, 0) is 31.4 Å². The SMILES string of the molecule is Cc1cc(NC(=O)CC2(C(=O)O)CCCCC2)cnc1Cl. The van der Waals surface area contributed by atoms with Crippen molar-refractivity contribution in [1.29, 1.82) is 0 Å². The normalized spacial score (nSPS) is 17.2. The minimum Gasteiger partial charge on any atom is -0.481 e. The minimum atomic E-state index is -0.919. The quantitative estimate of drug-likeness (QED) is 0.835. The van der Waals surface area contributed by atoms with Gasteiger partial charge in [-0.3, -0.25) is 9.59 Å². The van der Waals surface area contributed by atoms with E-state index in [9.17, 15) is 14.7 Å². The molecule has 2 N–H and O–H groups in total. The minimum absolute atomic E-state index is 0.00398. The van der Waals surface area contributed by atoms with E-state index < -0.39 is 11.4 Å². The van der Waals surface area contributed by atoms with Crippen LogP contribution in [-0.4, -0.2) is 22.0 Å². The molecule has 0 aliphatic heterocycles. The fourth-order valence-electron chi connectivity index (χ4n) is 2.83. The highest BCUT2D eigenvalue weighted by atomic mass is 35.5. The molecule has 1 aromatic rings. The summed E-state index contributed by atoms with van der Waals surface area (Å²) in [5.41, 5.74) is 0.385. The van der Waals surface area contributed by atoms with Crippen molar-refractivity contribution in [3.63, 3.8) is 0 Å². The summed E-state index contributed by atoms with van der Waals surface area (Å²) < 4.78 is 0. The van der Waals surface area contributed by atoms with E-state index in [4.69, 9.17) is 11.6 Å². The average Bonchev–Trinajstić information content (AvgIpc) is 2.43. The summed E-state index contributed by atoms with van der Waals surface area (Å²) in [6.45, 7) is 1.80. The first-order valence-electron chi connectivity index (χ1n) is 7.08. The highest BCUT2D eigenvalue weighted by molar-refractivity contribution is 6.30. The van der Waals surface area contributed by atoms with Crippen molar-refractivity contribution in [2.24, 2.45) is 5.41 Å². The van der Waals surface area contributed by atoms with Crippen molar-refractivity contribution >= 4 is 29.2 Å². The van der Waals surface area contributed by atoms with E-state index in [1.165, 1.54) is 6.20 Å². The fraction of sp³-hybridized carbons (Fsp3) is 0.533. The molecule has 0 radical (unpaired) electrons. The van der Waals surface area contributed by atoms with Gasteiger partial charge in [0.15, 0.2) is 0 Å². The smallest absolute Gasteiger partial charge is 0.310 e. The number of carbonyl (C=O) groups excluding carboxylic acids is 1. The number of nitrogens with one attached hydrogen (secondary N) is 1. The van der Waals surface area contributed by atoms with Crippen LogP contribution in [0.3, 0.4) is 0 Å². The molecule has 5 nitrogen and oxygen atoms in total. The first-order valence-corrected chi connectivity index (χ1v) is 7.46. The summed E-state index contributed by atoms with van der Waals surface area (Å²) in [5, 5.41) is 12.6. The molecule has 0 bridgehead atoms. The van der Waals surface area contributed by atoms with Gasteiger partial charge < -0.3 is 10.4 Å². The summed E-state index contributed by atoms with van der Waals surface area (Å²) in [6.07, 6.45) is 5.37. The largest absolute Gasteiger partial charge is 0.481 e. The molecule has 1 fully saturated rings. The number of aromatic nitrogens is 1. The number of pyridine rings is 1. The lowest BCUT2D eigenvalue weighted by Gasteiger charge is -2.32. The highest BCUT2D eigenvalue weighted by Crippen LogP contribution is 2.39. The van der Waals surface area contributed by atoms with Crippen LogP contribution < -0.4 is 5.32 Å². The molecule has 0 atom stereocenters. The second-order valence-corrected chi connectivity index (χ2v) is 6.06. The second-order valence-electron chi connectivity index (χ2n) is 5.70. The molecule has 0 saturated heterocycles. The van der Waals surface area contributed by atoms with E-state index in [0.29, 0.717) is 23.7 Å². The van der Waals surface area contributed by atoms with Gasteiger partial charge in [0.2, 0.25) is 5.91 Å². The zero-order valence-corrected chi connectivity index (χ0v) is 12.7. The number of carboxylic acid groups (broad SMARTS) is 1. The number of aryl methyl sites for hydroxylation is 1. The van der Waals surface area contributed by atoms with Crippen LogP contribution in [0.1, 0.15) is 44.1 Å². The maximum absolute atomic E-state index is 12.2. The molecule has 21 heavy (non-hydrogen) atoms. The third kappa shape index (κ3) is 3.73. The van der Waals surface area contributed by atoms with Gasteiger partial charge in [-0.1, -0.05) is 30.9 Å². The lowest BCUT2D eigenvalue weighted by Crippen LogP contribution is -2.37. The van der Waals surface area contributed by atoms with Crippen LogP contribution in [0.4, 0.5) is 5.69 Å². The molecule has 0 spiro atoms. The maximum Gasteiger partial charge on any atom is 0.310 e. The Morgan fingerprint density at radius 2 is 2.05 bits per heavy atom.